The third-order valence-electron chi connectivity index (χ3n) is 3.31. The maximum atomic E-state index is 12.0. The minimum absolute atomic E-state index is 0.162. The minimum atomic E-state index is -3.43. The molecule has 0 radical (unpaired) electrons. The summed E-state index contributed by atoms with van der Waals surface area (Å²) in [5.74, 6) is -0.281. The molecule has 6 nitrogen and oxygen atoms in total. The standard InChI is InChI=1S/C16H19N3O3S/c1-13-6-3-4-8-15(13)19(23(2,21)22)11-10-18-16(20)14-7-5-9-17-12-14/h3-9,12H,10-11H2,1-2H3,(H,18,20). The van der Waals surface area contributed by atoms with Gasteiger partial charge in [0.05, 0.1) is 24.1 Å². The Bertz CT molecular complexity index is 776. The highest BCUT2D eigenvalue weighted by atomic mass is 32.2. The Morgan fingerprint density at radius 3 is 2.57 bits per heavy atom. The first-order valence-electron chi connectivity index (χ1n) is 7.11. The number of benzene rings is 1. The minimum Gasteiger partial charge on any atom is -0.350 e. The van der Waals surface area contributed by atoms with Crippen LogP contribution in [-0.4, -0.2) is 38.7 Å². The van der Waals surface area contributed by atoms with Crippen molar-refractivity contribution in [2.24, 2.45) is 0 Å². The van der Waals surface area contributed by atoms with Crippen molar-refractivity contribution in [3.8, 4) is 0 Å². The van der Waals surface area contributed by atoms with Crippen LogP contribution in [0.2, 0.25) is 0 Å². The maximum Gasteiger partial charge on any atom is 0.252 e. The molecule has 0 aliphatic carbocycles. The summed E-state index contributed by atoms with van der Waals surface area (Å²) in [4.78, 5) is 15.8. The lowest BCUT2D eigenvalue weighted by atomic mass is 10.2. The highest BCUT2D eigenvalue weighted by molar-refractivity contribution is 7.92. The van der Waals surface area contributed by atoms with Gasteiger partial charge in [-0.1, -0.05) is 18.2 Å². The van der Waals surface area contributed by atoms with Gasteiger partial charge < -0.3 is 5.32 Å². The van der Waals surface area contributed by atoms with Crippen LogP contribution in [0.1, 0.15) is 15.9 Å². The van der Waals surface area contributed by atoms with Gasteiger partial charge in [-0.3, -0.25) is 14.1 Å². The molecule has 0 unspecified atom stereocenters. The number of rotatable bonds is 6. The number of para-hydroxylation sites is 1. The van der Waals surface area contributed by atoms with Gasteiger partial charge in [0.2, 0.25) is 10.0 Å². The van der Waals surface area contributed by atoms with Gasteiger partial charge >= 0.3 is 0 Å². The zero-order valence-corrected chi connectivity index (χ0v) is 13.9. The molecule has 1 heterocycles. The number of nitrogens with zero attached hydrogens (tertiary/aromatic N) is 2. The van der Waals surface area contributed by atoms with Gasteiger partial charge in [0.1, 0.15) is 0 Å². The Balaban J connectivity index is 2.06. The smallest absolute Gasteiger partial charge is 0.252 e. The Hall–Kier alpha value is -2.41. The van der Waals surface area contributed by atoms with E-state index in [1.54, 1.807) is 30.5 Å². The first-order chi connectivity index (χ1) is 10.9. The number of hydrogen-bond acceptors (Lipinski definition) is 4. The lowest BCUT2D eigenvalue weighted by Crippen LogP contribution is -2.38. The van der Waals surface area contributed by atoms with E-state index in [1.165, 1.54) is 10.5 Å². The Kier molecular flexibility index (Phi) is 5.33. The van der Waals surface area contributed by atoms with Crippen molar-refractivity contribution in [3.63, 3.8) is 0 Å². The summed E-state index contributed by atoms with van der Waals surface area (Å²) in [6, 6.07) is 10.6. The van der Waals surface area contributed by atoms with E-state index in [0.29, 0.717) is 11.3 Å². The predicted octanol–water partition coefficient (Wildman–Crippen LogP) is 1.59. The lowest BCUT2D eigenvalue weighted by molar-refractivity contribution is 0.0954. The number of nitrogens with one attached hydrogen (secondary N) is 1. The fourth-order valence-electron chi connectivity index (χ4n) is 2.18. The number of hydrogen-bond donors (Lipinski definition) is 1. The highest BCUT2D eigenvalue weighted by Crippen LogP contribution is 2.21. The maximum absolute atomic E-state index is 12.0. The molecule has 1 amide bonds. The van der Waals surface area contributed by atoms with Gasteiger partial charge in [-0.25, -0.2) is 8.42 Å². The molecule has 122 valence electrons. The van der Waals surface area contributed by atoms with Crippen LogP contribution in [0.25, 0.3) is 0 Å². The van der Waals surface area contributed by atoms with Crippen LogP contribution in [0.3, 0.4) is 0 Å². The zero-order chi connectivity index (χ0) is 16.9. The van der Waals surface area contributed by atoms with E-state index in [-0.39, 0.29) is 19.0 Å². The number of anilines is 1. The molecule has 2 aromatic rings. The van der Waals surface area contributed by atoms with Crippen molar-refractivity contribution in [3.05, 3.63) is 59.9 Å². The summed E-state index contributed by atoms with van der Waals surface area (Å²) in [6.07, 6.45) is 4.20. The fourth-order valence-corrected chi connectivity index (χ4v) is 3.16. The molecular weight excluding hydrogens is 314 g/mol. The third-order valence-corrected chi connectivity index (χ3v) is 4.49. The lowest BCUT2D eigenvalue weighted by Gasteiger charge is -2.24. The molecule has 0 saturated carbocycles. The molecule has 2 rings (SSSR count). The van der Waals surface area contributed by atoms with E-state index < -0.39 is 10.0 Å². The van der Waals surface area contributed by atoms with E-state index in [1.807, 2.05) is 19.1 Å². The van der Waals surface area contributed by atoms with Gasteiger partial charge in [0, 0.05) is 18.9 Å². The normalized spacial score (nSPS) is 11.0. The zero-order valence-electron chi connectivity index (χ0n) is 13.1. The first kappa shape index (κ1) is 17.0. The molecular formula is C16H19N3O3S. The first-order valence-corrected chi connectivity index (χ1v) is 8.96. The number of carbonyl (C=O) groups excluding carboxylic acids is 1. The van der Waals surface area contributed by atoms with Crippen molar-refractivity contribution in [2.45, 2.75) is 6.92 Å². The molecule has 1 aromatic heterocycles. The molecule has 0 saturated heterocycles. The van der Waals surface area contributed by atoms with Crippen LogP contribution in [0, 0.1) is 6.92 Å². The monoisotopic (exact) mass is 333 g/mol. The van der Waals surface area contributed by atoms with Crippen molar-refractivity contribution >= 4 is 21.6 Å². The van der Waals surface area contributed by atoms with Crippen molar-refractivity contribution in [1.29, 1.82) is 0 Å². The summed E-state index contributed by atoms with van der Waals surface area (Å²) in [6.45, 7) is 2.21. The molecule has 7 heteroatoms. The number of amides is 1. The largest absolute Gasteiger partial charge is 0.350 e. The van der Waals surface area contributed by atoms with Crippen LogP contribution in [0.5, 0.6) is 0 Å². The summed E-state index contributed by atoms with van der Waals surface area (Å²) in [5, 5.41) is 2.71. The van der Waals surface area contributed by atoms with Crippen LogP contribution < -0.4 is 9.62 Å². The van der Waals surface area contributed by atoms with Crippen molar-refractivity contribution in [1.82, 2.24) is 10.3 Å². The highest BCUT2D eigenvalue weighted by Gasteiger charge is 2.18. The molecule has 1 aromatic carbocycles. The third kappa shape index (κ3) is 4.53. The van der Waals surface area contributed by atoms with E-state index in [9.17, 15) is 13.2 Å². The Labute approximate surface area is 136 Å². The quantitative estimate of drug-likeness (QED) is 0.870. The van der Waals surface area contributed by atoms with Gasteiger partial charge in [-0.05, 0) is 30.7 Å². The topological polar surface area (TPSA) is 79.4 Å². The average molecular weight is 333 g/mol. The molecule has 0 aliphatic rings. The molecule has 0 fully saturated rings. The number of pyridine rings is 1. The molecule has 0 aliphatic heterocycles. The van der Waals surface area contributed by atoms with Crippen LogP contribution in [-0.2, 0) is 10.0 Å². The van der Waals surface area contributed by atoms with Crippen molar-refractivity contribution < 1.29 is 13.2 Å². The number of sulfonamides is 1. The predicted molar refractivity (Wildman–Crippen MR) is 89.9 cm³/mol. The molecule has 0 spiro atoms. The van der Waals surface area contributed by atoms with Gasteiger partial charge in [0.25, 0.3) is 5.91 Å². The van der Waals surface area contributed by atoms with Crippen molar-refractivity contribution in [2.75, 3.05) is 23.7 Å². The van der Waals surface area contributed by atoms with Gasteiger partial charge in [-0.15, -0.1) is 0 Å². The summed E-state index contributed by atoms with van der Waals surface area (Å²) in [5.41, 5.74) is 1.91. The summed E-state index contributed by atoms with van der Waals surface area (Å²) in [7, 11) is -3.43. The van der Waals surface area contributed by atoms with Crippen LogP contribution in [0.15, 0.2) is 48.8 Å². The Morgan fingerprint density at radius 2 is 1.96 bits per heavy atom. The summed E-state index contributed by atoms with van der Waals surface area (Å²) < 4.78 is 25.4. The van der Waals surface area contributed by atoms with E-state index in [4.69, 9.17) is 0 Å². The van der Waals surface area contributed by atoms with Crippen LogP contribution >= 0.6 is 0 Å². The second-order valence-corrected chi connectivity index (χ2v) is 7.03. The number of aromatic nitrogens is 1. The van der Waals surface area contributed by atoms with Gasteiger partial charge in [0.15, 0.2) is 0 Å². The van der Waals surface area contributed by atoms with E-state index in [0.717, 1.165) is 11.8 Å². The second kappa shape index (κ2) is 7.23. The SMILES string of the molecule is Cc1ccccc1N(CCNC(=O)c1cccnc1)S(C)(=O)=O. The average Bonchev–Trinajstić information content (AvgIpc) is 2.52. The molecule has 23 heavy (non-hydrogen) atoms. The van der Waals surface area contributed by atoms with E-state index >= 15 is 0 Å². The van der Waals surface area contributed by atoms with E-state index in [2.05, 4.69) is 10.3 Å². The fraction of sp³-hybridized carbons (Fsp3) is 0.250. The summed E-state index contributed by atoms with van der Waals surface area (Å²) >= 11 is 0. The molecule has 1 N–H and O–H groups in total. The van der Waals surface area contributed by atoms with Gasteiger partial charge in [-0.2, -0.15) is 0 Å². The molecule has 0 atom stereocenters. The second-order valence-electron chi connectivity index (χ2n) is 5.12. The molecule has 0 bridgehead atoms. The van der Waals surface area contributed by atoms with Crippen LogP contribution in [0.4, 0.5) is 5.69 Å². The Morgan fingerprint density at radius 1 is 1.22 bits per heavy atom. The number of carbonyl (C=O) groups is 1. The number of aryl methyl sites for hydroxylation is 1.